The van der Waals surface area contributed by atoms with Crippen LogP contribution in [0.5, 0.6) is 0 Å². The summed E-state index contributed by atoms with van der Waals surface area (Å²) in [4.78, 5) is 2.42. The van der Waals surface area contributed by atoms with Crippen molar-refractivity contribution in [2.75, 3.05) is 33.9 Å². The molecule has 0 aromatic rings. The maximum absolute atomic E-state index is 5.11. The van der Waals surface area contributed by atoms with E-state index in [1.54, 1.807) is 7.11 Å². The maximum atomic E-state index is 5.11. The molecular weight excluding hydrogens is 174 g/mol. The normalized spacial score (nSPS) is 28.1. The van der Waals surface area contributed by atoms with Gasteiger partial charge in [-0.25, -0.2) is 0 Å². The summed E-state index contributed by atoms with van der Waals surface area (Å²) in [6.07, 6.45) is 2.59. The van der Waals surface area contributed by atoms with Crippen LogP contribution in [0.1, 0.15) is 33.6 Å². The highest BCUT2D eigenvalue weighted by molar-refractivity contribution is 4.75. The van der Waals surface area contributed by atoms with Gasteiger partial charge in [-0.3, -0.25) is 0 Å². The fraction of sp³-hybridized carbons (Fsp3) is 1.00. The van der Waals surface area contributed by atoms with Gasteiger partial charge in [0.1, 0.15) is 0 Å². The minimum absolute atomic E-state index is 0.846. The molecule has 2 heteroatoms. The number of nitrogens with zero attached hydrogens (tertiary/aromatic N) is 1. The Labute approximate surface area is 89.6 Å². The van der Waals surface area contributed by atoms with Gasteiger partial charge in [-0.05, 0) is 38.3 Å². The smallest absolute Gasteiger partial charge is 0.0465 e. The molecule has 1 heterocycles. The molecule has 0 bridgehead atoms. The van der Waals surface area contributed by atoms with Gasteiger partial charge in [0.05, 0.1) is 0 Å². The molecule has 0 N–H and O–H groups in total. The molecule has 2 nitrogen and oxygen atoms in total. The van der Waals surface area contributed by atoms with Crippen molar-refractivity contribution in [3.63, 3.8) is 0 Å². The van der Waals surface area contributed by atoms with Crippen molar-refractivity contribution in [2.24, 2.45) is 11.8 Å². The fourth-order valence-electron chi connectivity index (χ4n) is 2.10. The van der Waals surface area contributed by atoms with Crippen LogP contribution in [-0.4, -0.2) is 38.8 Å². The van der Waals surface area contributed by atoms with Crippen LogP contribution in [-0.2, 0) is 4.74 Å². The molecule has 2 atom stereocenters. The summed E-state index contributed by atoms with van der Waals surface area (Å²) >= 11 is 0. The average molecular weight is 201 g/mol. The van der Waals surface area contributed by atoms with Gasteiger partial charge >= 0.3 is 0 Å². The first-order valence-electron chi connectivity index (χ1n) is 5.91. The second kappa shape index (κ2) is 8.25. The van der Waals surface area contributed by atoms with Gasteiger partial charge in [-0.15, -0.1) is 0 Å². The molecule has 2 unspecified atom stereocenters. The summed E-state index contributed by atoms with van der Waals surface area (Å²) < 4.78 is 5.11. The molecule has 0 aromatic carbocycles. The van der Waals surface area contributed by atoms with Gasteiger partial charge in [-0.2, -0.15) is 0 Å². The number of rotatable bonds is 3. The Bertz CT molecular complexity index is 125. The monoisotopic (exact) mass is 201 g/mol. The molecular formula is C12H27NO. The number of ether oxygens (including phenoxy) is 1. The van der Waals surface area contributed by atoms with E-state index >= 15 is 0 Å². The zero-order chi connectivity index (χ0) is 11.0. The molecule has 0 saturated carbocycles. The van der Waals surface area contributed by atoms with Crippen molar-refractivity contribution in [2.45, 2.75) is 33.6 Å². The van der Waals surface area contributed by atoms with Crippen molar-refractivity contribution in [3.8, 4) is 0 Å². The summed E-state index contributed by atoms with van der Waals surface area (Å²) in [5.41, 5.74) is 0. The molecule has 1 fully saturated rings. The van der Waals surface area contributed by atoms with E-state index in [9.17, 15) is 0 Å². The van der Waals surface area contributed by atoms with Gasteiger partial charge in [0, 0.05) is 20.3 Å². The number of hydrogen-bond acceptors (Lipinski definition) is 2. The second-order valence-corrected chi connectivity index (χ2v) is 4.07. The molecule has 0 radical (unpaired) electrons. The van der Waals surface area contributed by atoms with Crippen molar-refractivity contribution >= 4 is 0 Å². The summed E-state index contributed by atoms with van der Waals surface area (Å²) in [5, 5.41) is 0. The Morgan fingerprint density at radius 2 is 2.00 bits per heavy atom. The molecule has 86 valence electrons. The quantitative estimate of drug-likeness (QED) is 0.696. The molecule has 0 aromatic heterocycles. The van der Waals surface area contributed by atoms with E-state index in [1.807, 2.05) is 13.8 Å². The lowest BCUT2D eigenvalue weighted by molar-refractivity contribution is 0.110. The molecule has 1 rings (SSSR count). The van der Waals surface area contributed by atoms with E-state index < -0.39 is 0 Å². The SMILES string of the molecule is CC.COCCC1CCN(C)CC1C. The predicted octanol–water partition coefficient (Wildman–Crippen LogP) is 2.64. The zero-order valence-electron chi connectivity index (χ0n) is 10.5. The van der Waals surface area contributed by atoms with Gasteiger partial charge < -0.3 is 9.64 Å². The largest absolute Gasteiger partial charge is 0.385 e. The van der Waals surface area contributed by atoms with E-state index in [2.05, 4.69) is 18.9 Å². The fourth-order valence-corrected chi connectivity index (χ4v) is 2.10. The summed E-state index contributed by atoms with van der Waals surface area (Å²) in [6, 6.07) is 0. The third kappa shape index (κ3) is 4.97. The summed E-state index contributed by atoms with van der Waals surface area (Å²) in [6.45, 7) is 9.81. The molecule has 0 spiro atoms. The zero-order valence-corrected chi connectivity index (χ0v) is 10.5. The van der Waals surface area contributed by atoms with Crippen LogP contribution in [0, 0.1) is 11.8 Å². The highest BCUT2D eigenvalue weighted by atomic mass is 16.5. The van der Waals surface area contributed by atoms with E-state index in [0.717, 1.165) is 18.4 Å². The standard InChI is InChI=1S/C10H21NO.C2H6/c1-9-8-11(2)6-4-10(9)5-7-12-3;1-2/h9-10H,4-8H2,1-3H3;1-2H3. The van der Waals surface area contributed by atoms with E-state index in [4.69, 9.17) is 4.74 Å². The van der Waals surface area contributed by atoms with Gasteiger partial charge in [0.15, 0.2) is 0 Å². The lowest BCUT2D eigenvalue weighted by atomic mass is 9.85. The first kappa shape index (κ1) is 13.9. The number of methoxy groups -OCH3 is 1. The lowest BCUT2D eigenvalue weighted by Gasteiger charge is -2.34. The number of piperidine rings is 1. The highest BCUT2D eigenvalue weighted by Crippen LogP contribution is 2.24. The second-order valence-electron chi connectivity index (χ2n) is 4.07. The summed E-state index contributed by atoms with van der Waals surface area (Å²) in [7, 11) is 4.00. The van der Waals surface area contributed by atoms with E-state index in [-0.39, 0.29) is 0 Å². The van der Waals surface area contributed by atoms with Crippen LogP contribution in [0.15, 0.2) is 0 Å². The molecule has 0 amide bonds. The van der Waals surface area contributed by atoms with Crippen LogP contribution < -0.4 is 0 Å². The van der Waals surface area contributed by atoms with Crippen LogP contribution in [0.3, 0.4) is 0 Å². The first-order valence-corrected chi connectivity index (χ1v) is 5.91. The van der Waals surface area contributed by atoms with Crippen molar-refractivity contribution in [3.05, 3.63) is 0 Å². The minimum atomic E-state index is 0.846. The van der Waals surface area contributed by atoms with Crippen LogP contribution in [0.2, 0.25) is 0 Å². The van der Waals surface area contributed by atoms with E-state index in [0.29, 0.717) is 0 Å². The third-order valence-electron chi connectivity index (χ3n) is 2.98. The minimum Gasteiger partial charge on any atom is -0.385 e. The van der Waals surface area contributed by atoms with Crippen molar-refractivity contribution < 1.29 is 4.74 Å². The predicted molar refractivity (Wildman–Crippen MR) is 62.6 cm³/mol. The number of hydrogen-bond donors (Lipinski definition) is 0. The third-order valence-corrected chi connectivity index (χ3v) is 2.98. The topological polar surface area (TPSA) is 12.5 Å². The average Bonchev–Trinajstić information content (AvgIpc) is 2.20. The number of likely N-dealkylation sites (tertiary alicyclic amines) is 1. The van der Waals surface area contributed by atoms with Crippen LogP contribution >= 0.6 is 0 Å². The van der Waals surface area contributed by atoms with Crippen molar-refractivity contribution in [1.29, 1.82) is 0 Å². The lowest BCUT2D eigenvalue weighted by Crippen LogP contribution is -2.37. The Balaban J connectivity index is 0.000000791. The molecule has 1 aliphatic heterocycles. The summed E-state index contributed by atoms with van der Waals surface area (Å²) in [5.74, 6) is 1.74. The molecule has 1 aliphatic rings. The van der Waals surface area contributed by atoms with Gasteiger partial charge in [-0.1, -0.05) is 20.8 Å². The van der Waals surface area contributed by atoms with Crippen LogP contribution in [0.25, 0.3) is 0 Å². The molecule has 14 heavy (non-hydrogen) atoms. The Morgan fingerprint density at radius 3 is 2.50 bits per heavy atom. The molecule has 1 saturated heterocycles. The maximum Gasteiger partial charge on any atom is 0.0465 e. The van der Waals surface area contributed by atoms with Crippen molar-refractivity contribution in [1.82, 2.24) is 4.90 Å². The van der Waals surface area contributed by atoms with Gasteiger partial charge in [0.25, 0.3) is 0 Å². The van der Waals surface area contributed by atoms with Gasteiger partial charge in [0.2, 0.25) is 0 Å². The van der Waals surface area contributed by atoms with E-state index in [1.165, 1.54) is 25.9 Å². The first-order chi connectivity index (χ1) is 6.74. The van der Waals surface area contributed by atoms with Crippen LogP contribution in [0.4, 0.5) is 0 Å². The molecule has 0 aliphatic carbocycles. The Morgan fingerprint density at radius 1 is 1.36 bits per heavy atom. The highest BCUT2D eigenvalue weighted by Gasteiger charge is 2.23. The Hall–Kier alpha value is -0.0800. The Kier molecular flexibility index (Phi) is 8.20.